The van der Waals surface area contributed by atoms with Gasteiger partial charge >= 0.3 is 0 Å². The van der Waals surface area contributed by atoms with Crippen LogP contribution in [0.3, 0.4) is 0 Å². The summed E-state index contributed by atoms with van der Waals surface area (Å²) in [6.07, 6.45) is 0. The second kappa shape index (κ2) is 8.37. The third-order valence-corrected chi connectivity index (χ3v) is 8.00. The Kier molecular flexibility index (Phi) is 5.78. The molecule has 2 aromatic carbocycles. The SMILES string of the molecule is CC(=O)N1CCN(S(=O)(=O)c2cccc(C(=O)Nc3ccc4nc(C)sc4c3)c2)CC1. The predicted molar refractivity (Wildman–Crippen MR) is 120 cm³/mol. The number of piperazine rings is 1. The van der Waals surface area contributed by atoms with E-state index in [-0.39, 0.29) is 35.4 Å². The van der Waals surface area contributed by atoms with E-state index in [1.54, 1.807) is 34.4 Å². The zero-order chi connectivity index (χ0) is 22.2. The van der Waals surface area contributed by atoms with Crippen LogP contribution in [0.5, 0.6) is 0 Å². The van der Waals surface area contributed by atoms with Crippen molar-refractivity contribution in [3.8, 4) is 0 Å². The van der Waals surface area contributed by atoms with Gasteiger partial charge in [-0.2, -0.15) is 4.31 Å². The molecule has 0 saturated carbocycles. The Hall–Kier alpha value is -2.82. The highest BCUT2D eigenvalue weighted by atomic mass is 32.2. The van der Waals surface area contributed by atoms with Gasteiger partial charge in [-0.1, -0.05) is 6.07 Å². The van der Waals surface area contributed by atoms with E-state index in [2.05, 4.69) is 10.3 Å². The molecule has 1 aromatic heterocycles. The Labute approximate surface area is 184 Å². The van der Waals surface area contributed by atoms with Crippen molar-refractivity contribution in [1.82, 2.24) is 14.2 Å². The molecule has 0 aliphatic carbocycles. The molecule has 2 amide bonds. The highest BCUT2D eigenvalue weighted by molar-refractivity contribution is 7.89. The zero-order valence-corrected chi connectivity index (χ0v) is 18.8. The van der Waals surface area contributed by atoms with Gasteiger partial charge in [0.25, 0.3) is 5.91 Å². The molecule has 0 atom stereocenters. The van der Waals surface area contributed by atoms with Gasteiger partial charge in [-0.05, 0) is 43.3 Å². The van der Waals surface area contributed by atoms with Crippen molar-refractivity contribution in [2.24, 2.45) is 0 Å². The lowest BCUT2D eigenvalue weighted by Crippen LogP contribution is -2.49. The van der Waals surface area contributed by atoms with E-state index < -0.39 is 10.0 Å². The van der Waals surface area contributed by atoms with Gasteiger partial charge in [-0.15, -0.1) is 11.3 Å². The van der Waals surface area contributed by atoms with Gasteiger partial charge in [0.15, 0.2) is 0 Å². The van der Waals surface area contributed by atoms with Crippen molar-refractivity contribution in [1.29, 1.82) is 0 Å². The van der Waals surface area contributed by atoms with Gasteiger partial charge in [0.05, 0.1) is 20.1 Å². The first-order chi connectivity index (χ1) is 14.7. The first-order valence-corrected chi connectivity index (χ1v) is 12.0. The molecule has 162 valence electrons. The molecule has 4 rings (SSSR count). The van der Waals surface area contributed by atoms with Crippen molar-refractivity contribution < 1.29 is 18.0 Å². The number of aryl methyl sites for hydroxylation is 1. The summed E-state index contributed by atoms with van der Waals surface area (Å²) in [7, 11) is -3.76. The molecule has 0 bridgehead atoms. The van der Waals surface area contributed by atoms with Gasteiger partial charge in [-0.25, -0.2) is 13.4 Å². The van der Waals surface area contributed by atoms with Gasteiger partial charge < -0.3 is 10.2 Å². The maximum absolute atomic E-state index is 13.0. The Morgan fingerprint density at radius 3 is 2.52 bits per heavy atom. The zero-order valence-electron chi connectivity index (χ0n) is 17.2. The normalized spacial score (nSPS) is 15.2. The summed E-state index contributed by atoms with van der Waals surface area (Å²) < 4.78 is 28.4. The number of carbonyl (C=O) groups is 2. The smallest absolute Gasteiger partial charge is 0.255 e. The largest absolute Gasteiger partial charge is 0.340 e. The van der Waals surface area contributed by atoms with E-state index in [0.29, 0.717) is 18.8 Å². The molecule has 0 radical (unpaired) electrons. The number of benzene rings is 2. The molecule has 8 nitrogen and oxygen atoms in total. The first kappa shape index (κ1) is 21.4. The van der Waals surface area contributed by atoms with Crippen molar-refractivity contribution in [3.63, 3.8) is 0 Å². The van der Waals surface area contributed by atoms with E-state index in [4.69, 9.17) is 0 Å². The Morgan fingerprint density at radius 1 is 1.06 bits per heavy atom. The molecule has 31 heavy (non-hydrogen) atoms. The molecule has 0 unspecified atom stereocenters. The monoisotopic (exact) mass is 458 g/mol. The van der Waals surface area contributed by atoms with E-state index in [0.717, 1.165) is 15.2 Å². The molecule has 1 saturated heterocycles. The molecular formula is C21H22N4O4S2. The topological polar surface area (TPSA) is 99.7 Å². The maximum Gasteiger partial charge on any atom is 0.255 e. The van der Waals surface area contributed by atoms with Gasteiger partial charge in [0, 0.05) is 44.4 Å². The molecule has 2 heterocycles. The number of nitrogens with zero attached hydrogens (tertiary/aromatic N) is 3. The van der Waals surface area contributed by atoms with E-state index >= 15 is 0 Å². The second-order valence-corrected chi connectivity index (χ2v) is 10.5. The number of nitrogens with one attached hydrogen (secondary N) is 1. The summed E-state index contributed by atoms with van der Waals surface area (Å²) in [6.45, 7) is 4.57. The minimum Gasteiger partial charge on any atom is -0.340 e. The summed E-state index contributed by atoms with van der Waals surface area (Å²) in [4.78, 5) is 30.3. The van der Waals surface area contributed by atoms with Crippen molar-refractivity contribution in [2.45, 2.75) is 18.7 Å². The average Bonchev–Trinajstić information content (AvgIpc) is 3.13. The van der Waals surface area contributed by atoms with Crippen LogP contribution in [-0.4, -0.2) is 60.6 Å². The fourth-order valence-electron chi connectivity index (χ4n) is 3.51. The number of fused-ring (bicyclic) bond motifs is 1. The van der Waals surface area contributed by atoms with Crippen LogP contribution < -0.4 is 5.32 Å². The Morgan fingerprint density at radius 2 is 1.81 bits per heavy atom. The van der Waals surface area contributed by atoms with E-state index in [1.807, 2.05) is 19.1 Å². The van der Waals surface area contributed by atoms with Crippen LogP contribution in [0.15, 0.2) is 47.4 Å². The summed E-state index contributed by atoms with van der Waals surface area (Å²) in [5.41, 5.74) is 1.75. The molecule has 10 heteroatoms. The number of thiazole rings is 1. The first-order valence-electron chi connectivity index (χ1n) is 9.78. The van der Waals surface area contributed by atoms with E-state index in [9.17, 15) is 18.0 Å². The number of anilines is 1. The number of sulfonamides is 1. The minimum atomic E-state index is -3.76. The maximum atomic E-state index is 13.0. The second-order valence-electron chi connectivity index (χ2n) is 7.31. The number of aromatic nitrogens is 1. The minimum absolute atomic E-state index is 0.0601. The van der Waals surface area contributed by atoms with Crippen LogP contribution in [0, 0.1) is 6.92 Å². The lowest BCUT2D eigenvalue weighted by molar-refractivity contribution is -0.129. The molecule has 3 aromatic rings. The van der Waals surface area contributed by atoms with Crippen LogP contribution in [0.2, 0.25) is 0 Å². The number of hydrogen-bond acceptors (Lipinski definition) is 6. The Balaban J connectivity index is 1.51. The highest BCUT2D eigenvalue weighted by Crippen LogP contribution is 2.25. The van der Waals surface area contributed by atoms with Crippen LogP contribution in [-0.2, 0) is 14.8 Å². The highest BCUT2D eigenvalue weighted by Gasteiger charge is 2.29. The molecule has 0 spiro atoms. The Bertz CT molecular complexity index is 1260. The number of carbonyl (C=O) groups excluding carboxylic acids is 2. The lowest BCUT2D eigenvalue weighted by atomic mass is 10.2. The summed E-state index contributed by atoms with van der Waals surface area (Å²) >= 11 is 1.54. The fourth-order valence-corrected chi connectivity index (χ4v) is 5.85. The standard InChI is InChI=1S/C21H22N4O4S2/c1-14-22-19-7-6-17(13-20(19)30-14)23-21(27)16-4-3-5-18(12-16)31(28,29)25-10-8-24(9-11-25)15(2)26/h3-7,12-13H,8-11H2,1-2H3,(H,23,27). The van der Waals surface area contributed by atoms with E-state index in [1.165, 1.54) is 23.4 Å². The molecule has 1 fully saturated rings. The van der Waals surface area contributed by atoms with Crippen molar-refractivity contribution in [3.05, 3.63) is 53.0 Å². The summed E-state index contributed by atoms with van der Waals surface area (Å²) in [5, 5.41) is 3.77. The lowest BCUT2D eigenvalue weighted by Gasteiger charge is -2.33. The third-order valence-electron chi connectivity index (χ3n) is 5.17. The van der Waals surface area contributed by atoms with Crippen LogP contribution >= 0.6 is 11.3 Å². The quantitative estimate of drug-likeness (QED) is 0.648. The van der Waals surface area contributed by atoms with Crippen LogP contribution in [0.1, 0.15) is 22.3 Å². The molecule has 1 aliphatic heterocycles. The summed E-state index contributed by atoms with van der Waals surface area (Å²) in [6, 6.07) is 11.5. The van der Waals surface area contributed by atoms with Gasteiger partial charge in [0.2, 0.25) is 15.9 Å². The number of rotatable bonds is 4. The van der Waals surface area contributed by atoms with Gasteiger partial charge in [-0.3, -0.25) is 9.59 Å². The summed E-state index contributed by atoms with van der Waals surface area (Å²) in [5.74, 6) is -0.457. The number of hydrogen-bond donors (Lipinski definition) is 1. The van der Waals surface area contributed by atoms with Crippen molar-refractivity contribution in [2.75, 3.05) is 31.5 Å². The van der Waals surface area contributed by atoms with Crippen LogP contribution in [0.25, 0.3) is 10.2 Å². The van der Waals surface area contributed by atoms with Crippen molar-refractivity contribution >= 4 is 49.1 Å². The fraction of sp³-hybridized carbons (Fsp3) is 0.286. The molecular weight excluding hydrogens is 436 g/mol. The molecule has 1 N–H and O–H groups in total. The average molecular weight is 459 g/mol. The van der Waals surface area contributed by atoms with Gasteiger partial charge in [0.1, 0.15) is 0 Å². The predicted octanol–water partition coefficient (Wildman–Crippen LogP) is 2.71. The third kappa shape index (κ3) is 4.46. The van der Waals surface area contributed by atoms with Crippen LogP contribution in [0.4, 0.5) is 5.69 Å². The molecule has 1 aliphatic rings. The number of amides is 2.